The molecule has 1 saturated heterocycles. The lowest BCUT2D eigenvalue weighted by molar-refractivity contribution is -0.129. The average molecular weight is 430 g/mol. The summed E-state index contributed by atoms with van der Waals surface area (Å²) in [6.07, 6.45) is 0. The number of nitrogens with zero attached hydrogens (tertiary/aromatic N) is 2. The molecule has 160 valence electrons. The lowest BCUT2D eigenvalue weighted by Crippen LogP contribution is -2.48. The topological polar surface area (TPSA) is 61.9 Å². The minimum Gasteiger partial charge on any atom is -0.493 e. The van der Waals surface area contributed by atoms with Crippen LogP contribution < -0.4 is 15.0 Å². The van der Waals surface area contributed by atoms with Gasteiger partial charge in [0.15, 0.2) is 0 Å². The van der Waals surface area contributed by atoms with Gasteiger partial charge in [-0.2, -0.15) is 0 Å². The number of rotatable bonds is 6. The van der Waals surface area contributed by atoms with Crippen LogP contribution in [0.1, 0.15) is 31.1 Å². The quantitative estimate of drug-likeness (QED) is 0.743. The Morgan fingerprint density at radius 2 is 1.73 bits per heavy atom. The lowest BCUT2D eigenvalue weighted by atomic mass is 10.2. The van der Waals surface area contributed by atoms with Gasteiger partial charge in [-0.15, -0.1) is 0 Å². The monoisotopic (exact) mass is 429 g/mol. The highest BCUT2D eigenvalue weighted by Gasteiger charge is 2.20. The molecule has 0 atom stereocenters. The van der Waals surface area contributed by atoms with E-state index in [-0.39, 0.29) is 11.8 Å². The van der Waals surface area contributed by atoms with Crippen molar-refractivity contribution in [2.24, 2.45) is 5.92 Å². The van der Waals surface area contributed by atoms with Crippen molar-refractivity contribution in [2.75, 3.05) is 43.0 Å². The molecule has 0 saturated carbocycles. The third-order valence-electron chi connectivity index (χ3n) is 4.97. The maximum Gasteiger partial charge on any atom is 0.255 e. The van der Waals surface area contributed by atoms with E-state index in [1.807, 2.05) is 17.0 Å². The highest BCUT2D eigenvalue weighted by Crippen LogP contribution is 2.30. The molecule has 6 nitrogen and oxygen atoms in total. The molecular weight excluding hydrogens is 402 g/mol. The number of ether oxygens (including phenoxy) is 1. The van der Waals surface area contributed by atoms with E-state index in [9.17, 15) is 9.59 Å². The molecule has 2 amide bonds. The van der Waals surface area contributed by atoms with Crippen LogP contribution in [0.5, 0.6) is 5.75 Å². The molecular formula is C23H28ClN3O3. The first kappa shape index (κ1) is 22.0. The van der Waals surface area contributed by atoms with Gasteiger partial charge in [0.2, 0.25) is 5.91 Å². The van der Waals surface area contributed by atoms with Crippen LogP contribution in [0.3, 0.4) is 0 Å². The molecule has 2 aromatic carbocycles. The van der Waals surface area contributed by atoms with Gasteiger partial charge in [-0.25, -0.2) is 0 Å². The van der Waals surface area contributed by atoms with Gasteiger partial charge in [0, 0.05) is 44.4 Å². The summed E-state index contributed by atoms with van der Waals surface area (Å²) in [5.74, 6) is 1.08. The van der Waals surface area contributed by atoms with Gasteiger partial charge in [-0.1, -0.05) is 25.4 Å². The number of nitrogens with one attached hydrogen (secondary N) is 1. The Labute approximate surface area is 182 Å². The number of piperazine rings is 1. The maximum atomic E-state index is 12.5. The van der Waals surface area contributed by atoms with E-state index in [1.54, 1.807) is 37.3 Å². The zero-order valence-corrected chi connectivity index (χ0v) is 18.4. The second-order valence-electron chi connectivity index (χ2n) is 7.84. The van der Waals surface area contributed by atoms with E-state index >= 15 is 0 Å². The Bertz CT molecular complexity index is 891. The van der Waals surface area contributed by atoms with Gasteiger partial charge in [-0.3, -0.25) is 9.59 Å². The van der Waals surface area contributed by atoms with Crippen molar-refractivity contribution in [3.63, 3.8) is 0 Å². The molecule has 0 aromatic heterocycles. The van der Waals surface area contributed by atoms with Crippen molar-refractivity contribution in [3.05, 3.63) is 53.1 Å². The molecule has 1 aliphatic rings. The largest absolute Gasteiger partial charge is 0.493 e. The number of carbonyl (C=O) groups is 2. The number of anilines is 2. The Balaban J connectivity index is 1.60. The first-order valence-electron chi connectivity index (χ1n) is 10.2. The smallest absolute Gasteiger partial charge is 0.255 e. The normalized spacial score (nSPS) is 14.0. The third kappa shape index (κ3) is 5.66. The SMILES string of the molecule is CC(=O)N1CCN(c2ccc(NC(=O)c3ccc(OCC(C)C)cc3)cc2Cl)CC1. The highest BCUT2D eigenvalue weighted by molar-refractivity contribution is 6.33. The van der Waals surface area contributed by atoms with Crippen molar-refractivity contribution in [3.8, 4) is 5.75 Å². The molecule has 1 fully saturated rings. The molecule has 2 aromatic rings. The van der Waals surface area contributed by atoms with Crippen molar-refractivity contribution in [1.29, 1.82) is 0 Å². The van der Waals surface area contributed by atoms with Crippen LogP contribution in [-0.4, -0.2) is 49.5 Å². The number of benzene rings is 2. The summed E-state index contributed by atoms with van der Waals surface area (Å²) in [4.78, 5) is 28.0. The molecule has 0 bridgehead atoms. The summed E-state index contributed by atoms with van der Waals surface area (Å²) in [5.41, 5.74) is 2.09. The fourth-order valence-electron chi connectivity index (χ4n) is 3.27. The van der Waals surface area contributed by atoms with E-state index < -0.39 is 0 Å². The zero-order chi connectivity index (χ0) is 21.7. The van der Waals surface area contributed by atoms with Gasteiger partial charge in [0.25, 0.3) is 5.91 Å². The Kier molecular flexibility index (Phi) is 7.21. The maximum absolute atomic E-state index is 12.5. The predicted octanol–water partition coefficient (Wildman–Crippen LogP) is 4.30. The van der Waals surface area contributed by atoms with E-state index in [0.717, 1.165) is 24.5 Å². The van der Waals surface area contributed by atoms with E-state index in [2.05, 4.69) is 24.1 Å². The van der Waals surface area contributed by atoms with E-state index in [1.165, 1.54) is 0 Å². The fraction of sp³-hybridized carbons (Fsp3) is 0.391. The molecule has 1 N–H and O–H groups in total. The van der Waals surface area contributed by atoms with Crippen LogP contribution in [-0.2, 0) is 4.79 Å². The summed E-state index contributed by atoms with van der Waals surface area (Å²) >= 11 is 6.48. The summed E-state index contributed by atoms with van der Waals surface area (Å²) in [6.45, 7) is 9.23. The fourth-order valence-corrected chi connectivity index (χ4v) is 3.57. The number of hydrogen-bond donors (Lipinski definition) is 1. The van der Waals surface area contributed by atoms with Crippen LogP contribution in [0.4, 0.5) is 11.4 Å². The average Bonchev–Trinajstić information content (AvgIpc) is 2.73. The minimum absolute atomic E-state index is 0.0957. The van der Waals surface area contributed by atoms with Crippen LogP contribution in [0.2, 0.25) is 5.02 Å². The summed E-state index contributed by atoms with van der Waals surface area (Å²) in [5, 5.41) is 3.46. The standard InChI is InChI=1S/C23H28ClN3O3/c1-16(2)15-30-20-7-4-18(5-8-20)23(29)25-19-6-9-22(21(24)14-19)27-12-10-26(11-13-27)17(3)28/h4-9,14,16H,10-13,15H2,1-3H3,(H,25,29). The molecule has 7 heteroatoms. The Morgan fingerprint density at radius 3 is 2.30 bits per heavy atom. The molecule has 0 spiro atoms. The Morgan fingerprint density at radius 1 is 1.07 bits per heavy atom. The molecule has 1 aliphatic heterocycles. The molecule has 3 rings (SSSR count). The molecule has 1 heterocycles. The van der Waals surface area contributed by atoms with E-state index in [4.69, 9.17) is 16.3 Å². The van der Waals surface area contributed by atoms with Crippen LogP contribution in [0.25, 0.3) is 0 Å². The first-order valence-corrected chi connectivity index (χ1v) is 10.6. The number of halogens is 1. The van der Waals surface area contributed by atoms with Crippen molar-refractivity contribution >= 4 is 34.8 Å². The van der Waals surface area contributed by atoms with Gasteiger partial charge in [-0.05, 0) is 48.4 Å². The second kappa shape index (κ2) is 9.85. The van der Waals surface area contributed by atoms with Gasteiger partial charge in [0.1, 0.15) is 5.75 Å². The van der Waals surface area contributed by atoms with Gasteiger partial charge < -0.3 is 19.9 Å². The summed E-state index contributed by atoms with van der Waals surface area (Å²) in [6, 6.07) is 12.6. The summed E-state index contributed by atoms with van der Waals surface area (Å²) in [7, 11) is 0. The van der Waals surface area contributed by atoms with Crippen molar-refractivity contribution in [1.82, 2.24) is 4.90 Å². The van der Waals surface area contributed by atoms with Gasteiger partial charge >= 0.3 is 0 Å². The third-order valence-corrected chi connectivity index (χ3v) is 5.27. The lowest BCUT2D eigenvalue weighted by Gasteiger charge is -2.36. The molecule has 30 heavy (non-hydrogen) atoms. The number of hydrogen-bond acceptors (Lipinski definition) is 4. The second-order valence-corrected chi connectivity index (χ2v) is 8.25. The highest BCUT2D eigenvalue weighted by atomic mass is 35.5. The van der Waals surface area contributed by atoms with E-state index in [0.29, 0.717) is 41.9 Å². The Hall–Kier alpha value is -2.73. The number of amides is 2. The number of carbonyl (C=O) groups excluding carboxylic acids is 2. The van der Waals surface area contributed by atoms with Crippen molar-refractivity contribution < 1.29 is 14.3 Å². The summed E-state index contributed by atoms with van der Waals surface area (Å²) < 4.78 is 5.65. The van der Waals surface area contributed by atoms with Crippen LogP contribution in [0.15, 0.2) is 42.5 Å². The molecule has 0 radical (unpaired) electrons. The molecule has 0 unspecified atom stereocenters. The van der Waals surface area contributed by atoms with Crippen LogP contribution in [0, 0.1) is 5.92 Å². The minimum atomic E-state index is -0.204. The predicted molar refractivity (Wildman–Crippen MR) is 121 cm³/mol. The zero-order valence-electron chi connectivity index (χ0n) is 17.7. The van der Waals surface area contributed by atoms with Crippen LogP contribution >= 0.6 is 11.6 Å². The van der Waals surface area contributed by atoms with Gasteiger partial charge in [0.05, 0.1) is 17.3 Å². The first-order chi connectivity index (χ1) is 14.3. The van der Waals surface area contributed by atoms with Crippen molar-refractivity contribution in [2.45, 2.75) is 20.8 Å². The molecule has 0 aliphatic carbocycles.